The van der Waals surface area contributed by atoms with Crippen molar-refractivity contribution >= 4 is 11.6 Å². The Kier molecular flexibility index (Phi) is 5.65. The van der Waals surface area contributed by atoms with Crippen LogP contribution in [0.3, 0.4) is 0 Å². The molecule has 1 rings (SSSR count). The van der Waals surface area contributed by atoms with Crippen LogP contribution >= 0.6 is 11.6 Å². The van der Waals surface area contributed by atoms with Gasteiger partial charge in [-0.2, -0.15) is 0 Å². The van der Waals surface area contributed by atoms with E-state index in [1.54, 1.807) is 6.92 Å². The number of hydrogen-bond acceptors (Lipinski definition) is 3. The van der Waals surface area contributed by atoms with Crippen LogP contribution in [0.25, 0.3) is 0 Å². The third-order valence-corrected chi connectivity index (χ3v) is 3.22. The Morgan fingerprint density at radius 1 is 1.32 bits per heavy atom. The lowest BCUT2D eigenvalue weighted by Gasteiger charge is -2.24. The van der Waals surface area contributed by atoms with E-state index in [2.05, 4.69) is 26.1 Å². The maximum Gasteiger partial charge on any atom is 0.125 e. The molecule has 108 valence electrons. The molecule has 0 aliphatic carbocycles. The van der Waals surface area contributed by atoms with E-state index in [-0.39, 0.29) is 11.6 Å². The summed E-state index contributed by atoms with van der Waals surface area (Å²) in [5, 5.41) is 13.6. The number of hydrogen-bond donors (Lipinski definition) is 2. The number of rotatable bonds is 5. The van der Waals surface area contributed by atoms with Crippen LogP contribution in [0.1, 0.15) is 40.2 Å². The first-order chi connectivity index (χ1) is 8.70. The topological polar surface area (TPSA) is 41.5 Å². The largest absolute Gasteiger partial charge is 0.488 e. The summed E-state index contributed by atoms with van der Waals surface area (Å²) in [6.45, 7) is 10.5. The minimum Gasteiger partial charge on any atom is -0.488 e. The predicted molar refractivity (Wildman–Crippen MR) is 79.8 cm³/mol. The number of benzene rings is 1. The molecule has 0 radical (unpaired) electrons. The number of aliphatic hydroxyl groups excluding tert-OH is 1. The first-order valence-electron chi connectivity index (χ1n) is 6.58. The molecule has 2 N–H and O–H groups in total. The van der Waals surface area contributed by atoms with Crippen molar-refractivity contribution in [3.63, 3.8) is 0 Å². The minimum atomic E-state index is -0.526. The van der Waals surface area contributed by atoms with Crippen molar-refractivity contribution in [1.29, 1.82) is 0 Å². The van der Waals surface area contributed by atoms with Gasteiger partial charge in [0.1, 0.15) is 11.9 Å². The van der Waals surface area contributed by atoms with E-state index in [9.17, 15) is 5.11 Å². The Balaban J connectivity index is 2.89. The Bertz CT molecular complexity index is 413. The van der Waals surface area contributed by atoms with Gasteiger partial charge in [0, 0.05) is 22.7 Å². The van der Waals surface area contributed by atoms with Gasteiger partial charge in [0.25, 0.3) is 0 Å². The van der Waals surface area contributed by atoms with Gasteiger partial charge in [-0.25, -0.2) is 0 Å². The van der Waals surface area contributed by atoms with Crippen LogP contribution in [0.5, 0.6) is 5.75 Å². The standard InChI is InChI=1S/C15H24ClNO2/c1-10(18)11(2)19-14-8-6-7-13(16)12(14)9-17-15(3,4)5/h6-8,10-11,17-18H,9H2,1-5H3. The Labute approximate surface area is 120 Å². The molecule has 2 unspecified atom stereocenters. The van der Waals surface area contributed by atoms with Crippen LogP contribution in [0.4, 0.5) is 0 Å². The molecular weight excluding hydrogens is 262 g/mol. The second kappa shape index (κ2) is 6.60. The van der Waals surface area contributed by atoms with Gasteiger partial charge >= 0.3 is 0 Å². The summed E-state index contributed by atoms with van der Waals surface area (Å²) in [5.41, 5.74) is 0.929. The van der Waals surface area contributed by atoms with Crippen LogP contribution < -0.4 is 10.1 Å². The molecule has 0 bridgehead atoms. The highest BCUT2D eigenvalue weighted by molar-refractivity contribution is 6.31. The van der Waals surface area contributed by atoms with Crippen molar-refractivity contribution in [2.24, 2.45) is 0 Å². The van der Waals surface area contributed by atoms with Gasteiger partial charge < -0.3 is 15.2 Å². The number of aliphatic hydroxyl groups is 1. The van der Waals surface area contributed by atoms with Crippen molar-refractivity contribution in [2.45, 2.75) is 58.9 Å². The summed E-state index contributed by atoms with van der Waals surface area (Å²) in [4.78, 5) is 0. The lowest BCUT2D eigenvalue weighted by molar-refractivity contribution is 0.0597. The number of ether oxygens (including phenoxy) is 1. The lowest BCUT2D eigenvalue weighted by atomic mass is 10.1. The van der Waals surface area contributed by atoms with Crippen molar-refractivity contribution < 1.29 is 9.84 Å². The van der Waals surface area contributed by atoms with Gasteiger partial charge in [-0.1, -0.05) is 17.7 Å². The van der Waals surface area contributed by atoms with Gasteiger partial charge in [0.15, 0.2) is 0 Å². The minimum absolute atomic E-state index is 0.00628. The van der Waals surface area contributed by atoms with Crippen LogP contribution in [0.15, 0.2) is 18.2 Å². The molecule has 1 aromatic rings. The number of nitrogens with one attached hydrogen (secondary N) is 1. The van der Waals surface area contributed by atoms with Crippen LogP contribution in [0.2, 0.25) is 5.02 Å². The van der Waals surface area contributed by atoms with E-state index in [0.717, 1.165) is 11.3 Å². The quantitative estimate of drug-likeness (QED) is 0.871. The molecule has 0 heterocycles. The Morgan fingerprint density at radius 3 is 2.47 bits per heavy atom. The van der Waals surface area contributed by atoms with E-state index in [0.29, 0.717) is 11.6 Å². The molecule has 0 spiro atoms. The molecule has 0 aliphatic rings. The highest BCUT2D eigenvalue weighted by Crippen LogP contribution is 2.28. The summed E-state index contributed by atoms with van der Waals surface area (Å²) < 4.78 is 5.78. The third kappa shape index (κ3) is 5.39. The second-order valence-corrected chi connectivity index (χ2v) is 6.29. The average molecular weight is 286 g/mol. The van der Waals surface area contributed by atoms with Crippen molar-refractivity contribution in [3.05, 3.63) is 28.8 Å². The summed E-state index contributed by atoms with van der Waals surface area (Å²) in [7, 11) is 0. The van der Waals surface area contributed by atoms with E-state index >= 15 is 0 Å². The average Bonchev–Trinajstić information content (AvgIpc) is 2.26. The van der Waals surface area contributed by atoms with E-state index in [1.165, 1.54) is 0 Å². The van der Waals surface area contributed by atoms with Gasteiger partial charge in [-0.15, -0.1) is 0 Å². The molecule has 3 nitrogen and oxygen atoms in total. The fraction of sp³-hybridized carbons (Fsp3) is 0.600. The highest BCUT2D eigenvalue weighted by atomic mass is 35.5. The zero-order valence-electron chi connectivity index (χ0n) is 12.3. The molecule has 1 aromatic carbocycles. The van der Waals surface area contributed by atoms with E-state index in [4.69, 9.17) is 16.3 Å². The first-order valence-corrected chi connectivity index (χ1v) is 6.95. The molecule has 0 saturated heterocycles. The van der Waals surface area contributed by atoms with Crippen molar-refractivity contribution in [3.8, 4) is 5.75 Å². The molecule has 19 heavy (non-hydrogen) atoms. The van der Waals surface area contributed by atoms with Crippen molar-refractivity contribution in [2.75, 3.05) is 0 Å². The predicted octanol–water partition coefficient (Wildman–Crippen LogP) is 3.38. The fourth-order valence-corrected chi connectivity index (χ4v) is 1.71. The molecule has 0 saturated carbocycles. The zero-order chi connectivity index (χ0) is 14.6. The second-order valence-electron chi connectivity index (χ2n) is 5.88. The molecule has 2 atom stereocenters. The van der Waals surface area contributed by atoms with Gasteiger partial charge in [-0.3, -0.25) is 0 Å². The molecule has 0 aromatic heterocycles. The molecule has 0 aliphatic heterocycles. The normalized spacial score (nSPS) is 15.1. The Morgan fingerprint density at radius 2 is 1.95 bits per heavy atom. The summed E-state index contributed by atoms with van der Waals surface area (Å²) in [6, 6.07) is 5.58. The zero-order valence-corrected chi connectivity index (χ0v) is 13.1. The highest BCUT2D eigenvalue weighted by Gasteiger charge is 2.16. The van der Waals surface area contributed by atoms with Gasteiger partial charge in [0.05, 0.1) is 6.10 Å². The maximum absolute atomic E-state index is 9.53. The summed E-state index contributed by atoms with van der Waals surface area (Å²) in [6.07, 6.45) is -0.797. The third-order valence-electron chi connectivity index (χ3n) is 2.86. The van der Waals surface area contributed by atoms with Crippen molar-refractivity contribution in [1.82, 2.24) is 5.32 Å². The Hall–Kier alpha value is -0.770. The summed E-state index contributed by atoms with van der Waals surface area (Å²) in [5.74, 6) is 0.720. The summed E-state index contributed by atoms with van der Waals surface area (Å²) >= 11 is 6.24. The first kappa shape index (κ1) is 16.3. The van der Waals surface area contributed by atoms with Crippen LogP contribution in [0, 0.1) is 0 Å². The lowest BCUT2D eigenvalue weighted by Crippen LogP contribution is -2.35. The smallest absolute Gasteiger partial charge is 0.125 e. The molecule has 0 amide bonds. The molecule has 4 heteroatoms. The van der Waals surface area contributed by atoms with Crippen LogP contribution in [-0.4, -0.2) is 22.9 Å². The van der Waals surface area contributed by atoms with Gasteiger partial charge in [-0.05, 0) is 46.8 Å². The molecular formula is C15H24ClNO2. The number of halogens is 1. The fourth-order valence-electron chi connectivity index (χ4n) is 1.47. The van der Waals surface area contributed by atoms with Gasteiger partial charge in [0.2, 0.25) is 0 Å². The molecule has 0 fully saturated rings. The SMILES string of the molecule is CC(O)C(C)Oc1cccc(Cl)c1CNC(C)(C)C. The maximum atomic E-state index is 9.53. The van der Waals surface area contributed by atoms with Crippen LogP contribution in [-0.2, 0) is 6.54 Å². The van der Waals surface area contributed by atoms with E-state index in [1.807, 2.05) is 25.1 Å². The monoisotopic (exact) mass is 285 g/mol. The van der Waals surface area contributed by atoms with E-state index < -0.39 is 6.10 Å².